The maximum absolute atomic E-state index is 12.0. The molecule has 0 atom stereocenters. The van der Waals surface area contributed by atoms with Gasteiger partial charge in [-0.15, -0.1) is 0 Å². The van der Waals surface area contributed by atoms with Gasteiger partial charge >= 0.3 is 12.0 Å². The molecule has 0 saturated carbocycles. The minimum atomic E-state index is -0.988. The van der Waals surface area contributed by atoms with E-state index in [1.54, 1.807) is 19.2 Å². The minimum Gasteiger partial charge on any atom is -0.478 e. The van der Waals surface area contributed by atoms with Crippen molar-refractivity contribution in [2.24, 2.45) is 0 Å². The molecule has 108 valence electrons. The normalized spacial score (nSPS) is 9.95. The second-order valence-corrected chi connectivity index (χ2v) is 4.56. The lowest BCUT2D eigenvalue weighted by Gasteiger charge is -2.18. The molecule has 5 nitrogen and oxygen atoms in total. The van der Waals surface area contributed by atoms with Gasteiger partial charge in [0.25, 0.3) is 0 Å². The average Bonchev–Trinajstić information content (AvgIpc) is 2.53. The van der Waals surface area contributed by atoms with E-state index in [2.05, 4.69) is 5.32 Å². The van der Waals surface area contributed by atoms with E-state index in [9.17, 15) is 9.59 Å². The van der Waals surface area contributed by atoms with E-state index in [-0.39, 0.29) is 11.6 Å². The Labute approximate surface area is 122 Å². The van der Waals surface area contributed by atoms with Crippen LogP contribution in [-0.4, -0.2) is 24.2 Å². The highest BCUT2D eigenvalue weighted by molar-refractivity contribution is 5.93. The number of urea groups is 1. The molecule has 0 aliphatic rings. The summed E-state index contributed by atoms with van der Waals surface area (Å²) in [5.41, 5.74) is 1.84. The largest absolute Gasteiger partial charge is 0.478 e. The van der Waals surface area contributed by atoms with Crippen molar-refractivity contribution >= 4 is 17.7 Å². The molecule has 0 aliphatic carbocycles. The van der Waals surface area contributed by atoms with Crippen LogP contribution < -0.4 is 10.2 Å². The topological polar surface area (TPSA) is 69.6 Å². The van der Waals surface area contributed by atoms with Gasteiger partial charge in [0, 0.05) is 19.3 Å². The Hall–Kier alpha value is -2.82. The van der Waals surface area contributed by atoms with Crippen molar-refractivity contribution < 1.29 is 14.7 Å². The number of hydrogen-bond donors (Lipinski definition) is 2. The second kappa shape index (κ2) is 6.56. The van der Waals surface area contributed by atoms with Gasteiger partial charge in [0.1, 0.15) is 0 Å². The number of anilines is 1. The summed E-state index contributed by atoms with van der Waals surface area (Å²) in [5.74, 6) is -0.988. The third kappa shape index (κ3) is 3.82. The Bertz CT molecular complexity index is 624. The van der Waals surface area contributed by atoms with Gasteiger partial charge in [-0.05, 0) is 29.8 Å². The molecule has 2 amide bonds. The maximum Gasteiger partial charge on any atom is 0.335 e. The molecule has 0 bridgehead atoms. The van der Waals surface area contributed by atoms with E-state index >= 15 is 0 Å². The number of carboxylic acid groups (broad SMARTS) is 1. The average molecular weight is 284 g/mol. The summed E-state index contributed by atoms with van der Waals surface area (Å²) in [5, 5.41) is 11.6. The lowest BCUT2D eigenvalue weighted by molar-refractivity contribution is 0.0697. The number of aromatic carboxylic acids is 1. The number of carboxylic acids is 1. The molecule has 2 rings (SSSR count). The fourth-order valence-corrected chi connectivity index (χ4v) is 1.84. The van der Waals surface area contributed by atoms with Crippen LogP contribution in [0.2, 0.25) is 0 Å². The number of benzene rings is 2. The molecule has 0 radical (unpaired) electrons. The Morgan fingerprint density at radius 2 is 1.67 bits per heavy atom. The number of carbonyl (C=O) groups is 2. The van der Waals surface area contributed by atoms with Gasteiger partial charge in [-0.3, -0.25) is 4.90 Å². The molecule has 0 heterocycles. The van der Waals surface area contributed by atoms with E-state index in [0.29, 0.717) is 12.2 Å². The molecule has 21 heavy (non-hydrogen) atoms. The summed E-state index contributed by atoms with van der Waals surface area (Å²) < 4.78 is 0. The fraction of sp³-hybridized carbons (Fsp3) is 0.125. The van der Waals surface area contributed by atoms with Crippen molar-refractivity contribution in [3.63, 3.8) is 0 Å². The maximum atomic E-state index is 12.0. The summed E-state index contributed by atoms with van der Waals surface area (Å²) in [6.07, 6.45) is 0. The monoisotopic (exact) mass is 284 g/mol. The van der Waals surface area contributed by atoms with E-state index in [0.717, 1.165) is 5.56 Å². The van der Waals surface area contributed by atoms with Crippen LogP contribution in [0.5, 0.6) is 0 Å². The number of nitrogens with zero attached hydrogens (tertiary/aromatic N) is 1. The van der Waals surface area contributed by atoms with Gasteiger partial charge in [-0.1, -0.05) is 30.3 Å². The van der Waals surface area contributed by atoms with Crippen LogP contribution in [0.3, 0.4) is 0 Å². The molecule has 0 aliphatic heterocycles. The number of hydrogen-bond acceptors (Lipinski definition) is 2. The van der Waals surface area contributed by atoms with Gasteiger partial charge in [-0.2, -0.15) is 0 Å². The molecule has 2 N–H and O–H groups in total. The minimum absolute atomic E-state index is 0.192. The molecule has 2 aromatic carbocycles. The van der Waals surface area contributed by atoms with Crippen molar-refractivity contribution in [2.75, 3.05) is 11.9 Å². The Morgan fingerprint density at radius 3 is 2.24 bits per heavy atom. The SMILES string of the molecule is CN(C(=O)NCc1ccccc1)c1ccc(C(=O)O)cc1. The van der Waals surface area contributed by atoms with Crippen LogP contribution in [-0.2, 0) is 6.54 Å². The number of amides is 2. The summed E-state index contributed by atoms with van der Waals surface area (Å²) in [6.45, 7) is 0.442. The van der Waals surface area contributed by atoms with Crippen LogP contribution in [0.25, 0.3) is 0 Å². The standard InChI is InChI=1S/C16H16N2O3/c1-18(14-9-7-13(8-10-14)15(19)20)16(21)17-11-12-5-3-2-4-6-12/h2-10H,11H2,1H3,(H,17,21)(H,19,20). The summed E-state index contributed by atoms with van der Waals surface area (Å²) >= 11 is 0. The molecule has 5 heteroatoms. The van der Waals surface area contributed by atoms with Crippen LogP contribution in [0.1, 0.15) is 15.9 Å². The Balaban J connectivity index is 1.97. The van der Waals surface area contributed by atoms with Crippen molar-refractivity contribution in [3.05, 3.63) is 65.7 Å². The molecule has 0 unspecified atom stereocenters. The first-order valence-corrected chi connectivity index (χ1v) is 6.47. The van der Waals surface area contributed by atoms with Crippen molar-refractivity contribution in [3.8, 4) is 0 Å². The lowest BCUT2D eigenvalue weighted by Crippen LogP contribution is -2.36. The van der Waals surface area contributed by atoms with Gasteiger partial charge in [0.15, 0.2) is 0 Å². The van der Waals surface area contributed by atoms with Crippen molar-refractivity contribution in [1.82, 2.24) is 5.32 Å². The molecular formula is C16H16N2O3. The van der Waals surface area contributed by atoms with Gasteiger partial charge < -0.3 is 10.4 Å². The second-order valence-electron chi connectivity index (χ2n) is 4.56. The highest BCUT2D eigenvalue weighted by Crippen LogP contribution is 2.14. The van der Waals surface area contributed by atoms with E-state index in [1.807, 2.05) is 30.3 Å². The van der Waals surface area contributed by atoms with E-state index in [1.165, 1.54) is 17.0 Å². The first-order valence-electron chi connectivity index (χ1n) is 6.47. The zero-order valence-corrected chi connectivity index (χ0v) is 11.6. The Morgan fingerprint density at radius 1 is 1.05 bits per heavy atom. The zero-order valence-electron chi connectivity index (χ0n) is 11.6. The van der Waals surface area contributed by atoms with Crippen molar-refractivity contribution in [2.45, 2.75) is 6.54 Å². The first kappa shape index (κ1) is 14.6. The van der Waals surface area contributed by atoms with E-state index in [4.69, 9.17) is 5.11 Å². The molecule has 0 aromatic heterocycles. The fourth-order valence-electron chi connectivity index (χ4n) is 1.84. The number of nitrogens with one attached hydrogen (secondary N) is 1. The molecule has 2 aromatic rings. The van der Waals surface area contributed by atoms with Gasteiger partial charge in [0.05, 0.1) is 5.56 Å². The van der Waals surface area contributed by atoms with Crippen LogP contribution in [0, 0.1) is 0 Å². The third-order valence-corrected chi connectivity index (χ3v) is 3.09. The van der Waals surface area contributed by atoms with Crippen LogP contribution in [0.4, 0.5) is 10.5 Å². The molecule has 0 saturated heterocycles. The van der Waals surface area contributed by atoms with Crippen molar-refractivity contribution in [1.29, 1.82) is 0 Å². The third-order valence-electron chi connectivity index (χ3n) is 3.09. The quantitative estimate of drug-likeness (QED) is 0.907. The molecule has 0 fully saturated rings. The number of carbonyl (C=O) groups excluding carboxylic acids is 1. The Kier molecular flexibility index (Phi) is 4.56. The van der Waals surface area contributed by atoms with Gasteiger partial charge in [-0.25, -0.2) is 9.59 Å². The molecule has 0 spiro atoms. The summed E-state index contributed by atoms with van der Waals surface area (Å²) in [6, 6.07) is 15.5. The van der Waals surface area contributed by atoms with Crippen LogP contribution >= 0.6 is 0 Å². The van der Waals surface area contributed by atoms with E-state index < -0.39 is 5.97 Å². The smallest absolute Gasteiger partial charge is 0.335 e. The first-order chi connectivity index (χ1) is 10.1. The van der Waals surface area contributed by atoms with Crippen LogP contribution in [0.15, 0.2) is 54.6 Å². The highest BCUT2D eigenvalue weighted by Gasteiger charge is 2.11. The number of rotatable bonds is 4. The summed E-state index contributed by atoms with van der Waals surface area (Å²) in [4.78, 5) is 24.3. The predicted molar refractivity (Wildman–Crippen MR) is 80.5 cm³/mol. The predicted octanol–water partition coefficient (Wildman–Crippen LogP) is 2.73. The lowest BCUT2D eigenvalue weighted by atomic mass is 10.2. The highest BCUT2D eigenvalue weighted by atomic mass is 16.4. The molecular weight excluding hydrogens is 268 g/mol. The summed E-state index contributed by atoms with van der Waals surface area (Å²) in [7, 11) is 1.64. The zero-order chi connectivity index (χ0) is 15.2. The van der Waals surface area contributed by atoms with Gasteiger partial charge in [0.2, 0.25) is 0 Å².